The van der Waals surface area contributed by atoms with Gasteiger partial charge in [-0.05, 0) is 85.5 Å². The molecule has 1 aromatic heterocycles. The van der Waals surface area contributed by atoms with Gasteiger partial charge in [0.15, 0.2) is 5.03 Å². The van der Waals surface area contributed by atoms with Crippen molar-refractivity contribution in [1.82, 2.24) is 4.98 Å². The van der Waals surface area contributed by atoms with E-state index in [1.807, 2.05) is 91.9 Å². The Hall–Kier alpha value is -6.33. The SMILES string of the molecule is COC(=O)c1ccc(COc2cc(-c3ccccc3)c(-c3ccccc3)cc2N(C[C@@H](C)CO[Si](c2ccccc2)(c2ccccc2)C(C)(C)C)S(=O)(=O)c2ccccn2)cc1. The lowest BCUT2D eigenvalue weighted by molar-refractivity contribution is 0.0600. The van der Waals surface area contributed by atoms with Crippen LogP contribution in [0.5, 0.6) is 5.75 Å². The molecule has 0 bridgehead atoms. The van der Waals surface area contributed by atoms with Gasteiger partial charge < -0.3 is 13.9 Å². The largest absolute Gasteiger partial charge is 0.487 e. The number of methoxy groups -OCH3 is 1. The number of esters is 1. The van der Waals surface area contributed by atoms with E-state index in [1.165, 1.54) is 23.7 Å². The van der Waals surface area contributed by atoms with Gasteiger partial charge in [-0.25, -0.2) is 9.78 Å². The number of aromatic nitrogens is 1. The first-order valence-electron chi connectivity index (χ1n) is 20.7. The molecule has 1 heterocycles. The number of carbonyl (C=O) groups excluding carboxylic acids is 1. The van der Waals surface area contributed by atoms with Gasteiger partial charge in [0.1, 0.15) is 12.4 Å². The van der Waals surface area contributed by atoms with Gasteiger partial charge >= 0.3 is 5.97 Å². The van der Waals surface area contributed by atoms with Crippen LogP contribution in [0.2, 0.25) is 5.04 Å². The number of hydrogen-bond donors (Lipinski definition) is 0. The molecule has 8 nitrogen and oxygen atoms in total. The van der Waals surface area contributed by atoms with Crippen LogP contribution >= 0.6 is 0 Å². The van der Waals surface area contributed by atoms with E-state index in [2.05, 4.69) is 74.3 Å². The highest BCUT2D eigenvalue weighted by atomic mass is 32.2. The Bertz CT molecular complexity index is 2620. The lowest BCUT2D eigenvalue weighted by atomic mass is 9.93. The van der Waals surface area contributed by atoms with E-state index in [-0.39, 0.29) is 35.7 Å². The van der Waals surface area contributed by atoms with Gasteiger partial charge in [-0.2, -0.15) is 8.42 Å². The number of pyridine rings is 1. The molecular formula is C52H52N2O6SSi. The normalized spacial score (nSPS) is 12.3. The maximum absolute atomic E-state index is 15.2. The predicted molar refractivity (Wildman–Crippen MR) is 251 cm³/mol. The van der Waals surface area contributed by atoms with E-state index < -0.39 is 24.3 Å². The van der Waals surface area contributed by atoms with Crippen molar-refractivity contribution in [2.24, 2.45) is 5.92 Å². The summed E-state index contributed by atoms with van der Waals surface area (Å²) in [6.45, 7) is 9.14. The predicted octanol–water partition coefficient (Wildman–Crippen LogP) is 10.2. The summed E-state index contributed by atoms with van der Waals surface area (Å²) in [6.07, 6.45) is 1.49. The summed E-state index contributed by atoms with van der Waals surface area (Å²) in [5.74, 6) is -0.379. The first kappa shape index (κ1) is 43.7. The molecule has 0 N–H and O–H groups in total. The molecule has 0 amide bonds. The maximum atomic E-state index is 15.2. The van der Waals surface area contributed by atoms with Crippen LogP contribution in [0.15, 0.2) is 187 Å². The molecule has 0 saturated heterocycles. The van der Waals surface area contributed by atoms with Crippen molar-refractivity contribution in [3.05, 3.63) is 193 Å². The fourth-order valence-corrected chi connectivity index (χ4v) is 14.1. The minimum atomic E-state index is -4.29. The smallest absolute Gasteiger partial charge is 0.337 e. The molecule has 0 aliphatic heterocycles. The Morgan fingerprint density at radius 2 is 1.21 bits per heavy atom. The van der Waals surface area contributed by atoms with Gasteiger partial charge in [-0.3, -0.25) is 4.31 Å². The number of benzene rings is 6. The van der Waals surface area contributed by atoms with E-state index in [4.69, 9.17) is 13.9 Å². The van der Waals surface area contributed by atoms with E-state index in [9.17, 15) is 4.79 Å². The Morgan fingerprint density at radius 1 is 0.694 bits per heavy atom. The van der Waals surface area contributed by atoms with E-state index in [0.717, 1.165) is 38.2 Å². The van der Waals surface area contributed by atoms with Crippen molar-refractivity contribution >= 4 is 40.4 Å². The van der Waals surface area contributed by atoms with Crippen LogP contribution < -0.4 is 19.4 Å². The molecule has 0 radical (unpaired) electrons. The topological polar surface area (TPSA) is 95.0 Å². The van der Waals surface area contributed by atoms with Crippen molar-refractivity contribution < 1.29 is 27.1 Å². The average Bonchev–Trinajstić information content (AvgIpc) is 3.31. The number of sulfonamides is 1. The van der Waals surface area contributed by atoms with Crippen molar-refractivity contribution in [2.75, 3.05) is 24.6 Å². The Kier molecular flexibility index (Phi) is 13.5. The molecule has 0 saturated carbocycles. The summed E-state index contributed by atoms with van der Waals surface area (Å²) in [5, 5.41) is 1.92. The minimum absolute atomic E-state index is 0.0558. The number of ether oxygens (including phenoxy) is 2. The lowest BCUT2D eigenvalue weighted by Crippen LogP contribution is -2.67. The molecule has 7 aromatic rings. The van der Waals surface area contributed by atoms with Crippen molar-refractivity contribution in [1.29, 1.82) is 0 Å². The van der Waals surface area contributed by atoms with Crippen molar-refractivity contribution in [3.63, 3.8) is 0 Å². The highest BCUT2D eigenvalue weighted by Gasteiger charge is 2.50. The third-order valence-corrected chi connectivity index (χ3v) is 17.7. The van der Waals surface area contributed by atoms with Crippen LogP contribution in [0.25, 0.3) is 22.3 Å². The van der Waals surface area contributed by atoms with Gasteiger partial charge in [0.2, 0.25) is 0 Å². The Morgan fingerprint density at radius 3 is 1.71 bits per heavy atom. The van der Waals surface area contributed by atoms with Crippen molar-refractivity contribution in [3.8, 4) is 28.0 Å². The molecule has 0 aliphatic carbocycles. The van der Waals surface area contributed by atoms with E-state index in [0.29, 0.717) is 17.0 Å². The molecular weight excluding hydrogens is 809 g/mol. The molecule has 6 aromatic carbocycles. The molecule has 0 fully saturated rings. The zero-order valence-corrected chi connectivity index (χ0v) is 37.6. The molecule has 1 atom stereocenters. The summed E-state index contributed by atoms with van der Waals surface area (Å²) >= 11 is 0. The second-order valence-corrected chi connectivity index (χ2v) is 22.5. The van der Waals surface area contributed by atoms with Crippen LogP contribution in [-0.2, 0) is 25.8 Å². The fraction of sp³-hybridized carbons (Fsp3) is 0.192. The summed E-state index contributed by atoms with van der Waals surface area (Å²) < 4.78 is 50.7. The van der Waals surface area contributed by atoms with Gasteiger partial charge in [-0.15, -0.1) is 0 Å². The van der Waals surface area contributed by atoms with Gasteiger partial charge in [0, 0.05) is 19.3 Å². The minimum Gasteiger partial charge on any atom is -0.487 e. The molecule has 10 heteroatoms. The Balaban J connectivity index is 1.37. The van der Waals surface area contributed by atoms with Crippen LogP contribution in [0, 0.1) is 5.92 Å². The number of carbonyl (C=O) groups is 1. The van der Waals surface area contributed by atoms with Gasteiger partial charge in [0.25, 0.3) is 18.3 Å². The highest BCUT2D eigenvalue weighted by molar-refractivity contribution is 7.92. The van der Waals surface area contributed by atoms with Crippen molar-refractivity contribution in [2.45, 2.75) is 44.4 Å². The number of nitrogens with zero attached hydrogens (tertiary/aromatic N) is 2. The summed E-state index contributed by atoms with van der Waals surface area (Å²) in [4.78, 5) is 16.6. The second kappa shape index (κ2) is 19.2. The molecule has 0 aliphatic rings. The third kappa shape index (κ3) is 9.43. The molecule has 7 rings (SSSR count). The fourth-order valence-electron chi connectivity index (χ4n) is 7.91. The number of rotatable bonds is 16. The zero-order chi connectivity index (χ0) is 43.7. The average molecular weight is 861 g/mol. The van der Waals surface area contributed by atoms with Crippen LogP contribution in [-0.4, -0.2) is 47.9 Å². The summed E-state index contributed by atoms with van der Waals surface area (Å²) in [6, 6.07) is 56.5. The van der Waals surface area contributed by atoms with Crippen LogP contribution in [0.4, 0.5) is 5.69 Å². The first-order chi connectivity index (χ1) is 29.9. The quantitative estimate of drug-likeness (QED) is 0.0705. The van der Waals surface area contributed by atoms with Crippen LogP contribution in [0.3, 0.4) is 0 Å². The number of hydrogen-bond acceptors (Lipinski definition) is 7. The Labute approximate surface area is 367 Å². The monoisotopic (exact) mass is 860 g/mol. The van der Waals surface area contributed by atoms with E-state index >= 15 is 8.42 Å². The standard InChI is InChI=1S/C52H52N2O6SSi/c1-39(37-60-62(52(2,3)4,44-24-14-8-15-25-44)45-26-16-9-17-27-45)36-54(61(56,57)50-28-18-19-33-53-50)48-34-46(41-20-10-6-11-21-41)47(42-22-12-7-13-23-42)35-49(48)59-38-40-29-31-43(32-30-40)51(55)58-5/h6-35,39H,36-38H2,1-5H3/t39-/m1/s1. The first-order valence-corrected chi connectivity index (χ1v) is 24.0. The summed E-state index contributed by atoms with van der Waals surface area (Å²) in [5.41, 5.74) is 5.11. The number of anilines is 1. The zero-order valence-electron chi connectivity index (χ0n) is 35.8. The second-order valence-electron chi connectivity index (χ2n) is 16.4. The lowest BCUT2D eigenvalue weighted by Gasteiger charge is -2.43. The molecule has 316 valence electrons. The van der Waals surface area contributed by atoms with E-state index in [1.54, 1.807) is 36.4 Å². The molecule has 62 heavy (non-hydrogen) atoms. The third-order valence-electron chi connectivity index (χ3n) is 11.0. The maximum Gasteiger partial charge on any atom is 0.337 e. The van der Waals surface area contributed by atoms with Crippen LogP contribution in [0.1, 0.15) is 43.6 Å². The molecule has 0 spiro atoms. The van der Waals surface area contributed by atoms with Gasteiger partial charge in [-0.1, -0.05) is 167 Å². The highest BCUT2D eigenvalue weighted by Crippen LogP contribution is 2.44. The van der Waals surface area contributed by atoms with Gasteiger partial charge in [0.05, 0.1) is 18.4 Å². The summed E-state index contributed by atoms with van der Waals surface area (Å²) in [7, 11) is -5.90. The molecule has 0 unspecified atom stereocenters.